The van der Waals surface area contributed by atoms with Crippen LogP contribution in [0.2, 0.25) is 0 Å². The number of benzene rings is 1. The molecule has 0 aliphatic carbocycles. The quantitative estimate of drug-likeness (QED) is 0.859. The van der Waals surface area contributed by atoms with E-state index in [9.17, 15) is 0 Å². The number of aryl methyl sites for hydroxylation is 1. The van der Waals surface area contributed by atoms with Crippen LogP contribution in [0.3, 0.4) is 0 Å². The van der Waals surface area contributed by atoms with Crippen LogP contribution in [0.1, 0.15) is 5.56 Å². The molecule has 0 saturated carbocycles. The molecule has 0 bridgehead atoms. The summed E-state index contributed by atoms with van der Waals surface area (Å²) in [5.74, 6) is 1.75. The van der Waals surface area contributed by atoms with Crippen LogP contribution in [0.5, 0.6) is 0 Å². The molecule has 1 aliphatic heterocycles. The SMILES string of the molecule is Cc1cccc(Nc2cccc(NCCN3CCOCC3)n2)c1. The van der Waals surface area contributed by atoms with Crippen molar-refractivity contribution in [2.75, 3.05) is 50.0 Å². The molecule has 1 aliphatic rings. The van der Waals surface area contributed by atoms with E-state index >= 15 is 0 Å². The number of ether oxygens (including phenoxy) is 1. The second-order valence-corrected chi connectivity index (χ2v) is 5.78. The second-order valence-electron chi connectivity index (χ2n) is 5.78. The van der Waals surface area contributed by atoms with Gasteiger partial charge in [0.2, 0.25) is 0 Å². The Morgan fingerprint density at radius 3 is 2.70 bits per heavy atom. The van der Waals surface area contributed by atoms with Gasteiger partial charge in [0, 0.05) is 31.9 Å². The maximum absolute atomic E-state index is 5.36. The van der Waals surface area contributed by atoms with Crippen LogP contribution in [-0.4, -0.2) is 49.3 Å². The normalized spacial score (nSPS) is 15.3. The zero-order chi connectivity index (χ0) is 15.9. The zero-order valence-corrected chi connectivity index (χ0v) is 13.6. The van der Waals surface area contributed by atoms with Crippen LogP contribution < -0.4 is 10.6 Å². The zero-order valence-electron chi connectivity index (χ0n) is 13.6. The number of pyridine rings is 1. The van der Waals surface area contributed by atoms with Crippen molar-refractivity contribution in [3.8, 4) is 0 Å². The Morgan fingerprint density at radius 1 is 1.09 bits per heavy atom. The molecule has 1 saturated heterocycles. The fourth-order valence-corrected chi connectivity index (χ4v) is 2.64. The highest BCUT2D eigenvalue weighted by molar-refractivity contribution is 5.58. The van der Waals surface area contributed by atoms with E-state index in [0.717, 1.165) is 56.7 Å². The largest absolute Gasteiger partial charge is 0.379 e. The molecule has 1 aromatic carbocycles. The lowest BCUT2D eigenvalue weighted by molar-refractivity contribution is 0.0398. The third-order valence-corrected chi connectivity index (χ3v) is 3.88. The van der Waals surface area contributed by atoms with Crippen LogP contribution in [0, 0.1) is 6.92 Å². The predicted molar refractivity (Wildman–Crippen MR) is 94.4 cm³/mol. The molecular weight excluding hydrogens is 288 g/mol. The van der Waals surface area contributed by atoms with Crippen molar-refractivity contribution in [1.29, 1.82) is 0 Å². The van der Waals surface area contributed by atoms with Gasteiger partial charge in [-0.15, -0.1) is 0 Å². The van der Waals surface area contributed by atoms with E-state index in [1.165, 1.54) is 5.56 Å². The van der Waals surface area contributed by atoms with Crippen molar-refractivity contribution >= 4 is 17.3 Å². The molecular formula is C18H24N4O. The van der Waals surface area contributed by atoms with E-state index < -0.39 is 0 Å². The summed E-state index contributed by atoms with van der Waals surface area (Å²) in [5, 5.41) is 6.74. The number of hydrogen-bond donors (Lipinski definition) is 2. The summed E-state index contributed by atoms with van der Waals surface area (Å²) < 4.78 is 5.36. The number of anilines is 3. The molecule has 122 valence electrons. The van der Waals surface area contributed by atoms with E-state index in [4.69, 9.17) is 4.74 Å². The molecule has 0 amide bonds. The highest BCUT2D eigenvalue weighted by Crippen LogP contribution is 2.17. The molecule has 3 rings (SSSR count). The molecule has 1 fully saturated rings. The van der Waals surface area contributed by atoms with Gasteiger partial charge in [-0.1, -0.05) is 18.2 Å². The van der Waals surface area contributed by atoms with Crippen molar-refractivity contribution in [1.82, 2.24) is 9.88 Å². The van der Waals surface area contributed by atoms with E-state index in [0.29, 0.717) is 0 Å². The van der Waals surface area contributed by atoms with Gasteiger partial charge in [-0.3, -0.25) is 4.90 Å². The van der Waals surface area contributed by atoms with Crippen molar-refractivity contribution in [2.24, 2.45) is 0 Å². The van der Waals surface area contributed by atoms with E-state index in [-0.39, 0.29) is 0 Å². The third kappa shape index (κ3) is 4.94. The first-order chi connectivity index (χ1) is 11.3. The third-order valence-electron chi connectivity index (χ3n) is 3.88. The van der Waals surface area contributed by atoms with Gasteiger partial charge in [0.05, 0.1) is 13.2 Å². The van der Waals surface area contributed by atoms with E-state index in [1.807, 2.05) is 30.3 Å². The van der Waals surface area contributed by atoms with Crippen LogP contribution in [0.25, 0.3) is 0 Å². The van der Waals surface area contributed by atoms with Gasteiger partial charge in [0.1, 0.15) is 11.6 Å². The lowest BCUT2D eigenvalue weighted by Crippen LogP contribution is -2.39. The first-order valence-corrected chi connectivity index (χ1v) is 8.14. The van der Waals surface area contributed by atoms with Crippen molar-refractivity contribution < 1.29 is 4.74 Å². The average Bonchev–Trinajstić information content (AvgIpc) is 2.56. The molecule has 5 nitrogen and oxygen atoms in total. The van der Waals surface area contributed by atoms with Gasteiger partial charge in [0.15, 0.2) is 0 Å². The summed E-state index contributed by atoms with van der Waals surface area (Å²) in [5.41, 5.74) is 2.29. The van der Waals surface area contributed by atoms with Gasteiger partial charge >= 0.3 is 0 Å². The molecule has 2 N–H and O–H groups in total. The highest BCUT2D eigenvalue weighted by Gasteiger charge is 2.09. The second kappa shape index (κ2) is 7.94. The predicted octanol–water partition coefficient (Wildman–Crippen LogP) is 2.88. The van der Waals surface area contributed by atoms with Crippen LogP contribution in [-0.2, 0) is 4.74 Å². The smallest absolute Gasteiger partial charge is 0.132 e. The number of morpholine rings is 1. The first-order valence-electron chi connectivity index (χ1n) is 8.14. The summed E-state index contributed by atoms with van der Waals surface area (Å²) >= 11 is 0. The molecule has 0 radical (unpaired) electrons. The van der Waals surface area contributed by atoms with Gasteiger partial charge in [-0.05, 0) is 36.8 Å². The van der Waals surface area contributed by atoms with Crippen LogP contribution >= 0.6 is 0 Å². The number of nitrogens with zero attached hydrogens (tertiary/aromatic N) is 2. The number of aromatic nitrogens is 1. The van der Waals surface area contributed by atoms with Gasteiger partial charge in [-0.2, -0.15) is 0 Å². The Kier molecular flexibility index (Phi) is 5.45. The minimum Gasteiger partial charge on any atom is -0.379 e. The van der Waals surface area contributed by atoms with Gasteiger partial charge in [-0.25, -0.2) is 4.98 Å². The highest BCUT2D eigenvalue weighted by atomic mass is 16.5. The number of hydrogen-bond acceptors (Lipinski definition) is 5. The Labute approximate surface area is 137 Å². The van der Waals surface area contributed by atoms with Crippen LogP contribution in [0.15, 0.2) is 42.5 Å². The van der Waals surface area contributed by atoms with Crippen molar-refractivity contribution in [2.45, 2.75) is 6.92 Å². The van der Waals surface area contributed by atoms with E-state index in [1.54, 1.807) is 0 Å². The maximum atomic E-state index is 5.36. The molecule has 0 atom stereocenters. The Morgan fingerprint density at radius 2 is 1.87 bits per heavy atom. The molecule has 23 heavy (non-hydrogen) atoms. The summed E-state index contributed by atoms with van der Waals surface area (Å²) in [6.07, 6.45) is 0. The minimum absolute atomic E-state index is 0.841. The summed E-state index contributed by atoms with van der Waals surface area (Å²) in [7, 11) is 0. The number of rotatable bonds is 6. The van der Waals surface area contributed by atoms with Gasteiger partial charge < -0.3 is 15.4 Å². The van der Waals surface area contributed by atoms with Crippen molar-refractivity contribution in [3.63, 3.8) is 0 Å². The summed E-state index contributed by atoms with van der Waals surface area (Å²) in [6.45, 7) is 7.71. The Hall–Kier alpha value is -2.11. The van der Waals surface area contributed by atoms with E-state index in [2.05, 4.69) is 39.6 Å². The topological polar surface area (TPSA) is 49.4 Å². The monoisotopic (exact) mass is 312 g/mol. The summed E-state index contributed by atoms with van der Waals surface area (Å²) in [6, 6.07) is 14.3. The van der Waals surface area contributed by atoms with Gasteiger partial charge in [0.25, 0.3) is 0 Å². The molecule has 0 spiro atoms. The fourth-order valence-electron chi connectivity index (χ4n) is 2.64. The fraction of sp³-hybridized carbons (Fsp3) is 0.389. The summed E-state index contributed by atoms with van der Waals surface area (Å²) in [4.78, 5) is 7.02. The molecule has 2 heterocycles. The van der Waals surface area contributed by atoms with Crippen molar-refractivity contribution in [3.05, 3.63) is 48.0 Å². The molecule has 0 unspecified atom stereocenters. The lowest BCUT2D eigenvalue weighted by atomic mass is 10.2. The average molecular weight is 312 g/mol. The molecule has 1 aromatic heterocycles. The minimum atomic E-state index is 0.841. The Balaban J connectivity index is 1.52. The van der Waals surface area contributed by atoms with Crippen LogP contribution in [0.4, 0.5) is 17.3 Å². The lowest BCUT2D eigenvalue weighted by Gasteiger charge is -2.26. The molecule has 2 aromatic rings. The Bertz CT molecular complexity index is 626. The molecule has 5 heteroatoms. The first kappa shape index (κ1) is 15.8. The standard InChI is InChI=1S/C18H24N4O/c1-15-4-2-5-16(14-15)20-18-7-3-6-17(21-18)19-8-9-22-10-12-23-13-11-22/h2-7,14H,8-13H2,1H3,(H2,19,20,21). The maximum Gasteiger partial charge on any atom is 0.132 e. The number of nitrogens with one attached hydrogen (secondary N) is 2.